The van der Waals surface area contributed by atoms with Gasteiger partial charge in [-0.1, -0.05) is 120 Å². The second-order valence-corrected chi connectivity index (χ2v) is 9.89. The molecule has 152 valence electrons. The highest BCUT2D eigenvalue weighted by atomic mass is 14.5. The van der Waals surface area contributed by atoms with Crippen molar-refractivity contribution in [3.8, 4) is 0 Å². The largest absolute Gasteiger partial charge is 0.0622 e. The summed E-state index contributed by atoms with van der Waals surface area (Å²) in [5.41, 5.74) is 5.85. The van der Waals surface area contributed by atoms with Crippen molar-refractivity contribution in [3.05, 3.63) is 107 Å². The van der Waals surface area contributed by atoms with E-state index in [9.17, 15) is 0 Å². The molecule has 0 amide bonds. The number of hydrogen-bond donors (Lipinski definition) is 0. The van der Waals surface area contributed by atoms with E-state index in [-0.39, 0.29) is 16.2 Å². The Kier molecular flexibility index (Phi) is 6.03. The maximum absolute atomic E-state index is 2.46. The first kappa shape index (κ1) is 21.4. The summed E-state index contributed by atoms with van der Waals surface area (Å²) in [7, 11) is 0. The van der Waals surface area contributed by atoms with E-state index in [4.69, 9.17) is 0 Å². The normalized spacial score (nSPS) is 14.4. The van der Waals surface area contributed by atoms with Crippen LogP contribution in [0, 0.1) is 6.92 Å². The molecule has 0 heteroatoms. The van der Waals surface area contributed by atoms with Gasteiger partial charge in [-0.15, -0.1) is 0 Å². The maximum atomic E-state index is 2.46. The summed E-state index contributed by atoms with van der Waals surface area (Å²) in [6.07, 6.45) is 2.26. The zero-order chi connectivity index (χ0) is 21.1. The highest BCUT2D eigenvalue weighted by molar-refractivity contribution is 5.38. The third-order valence-corrected chi connectivity index (χ3v) is 7.41. The molecule has 0 N–H and O–H groups in total. The predicted octanol–water partition coefficient (Wildman–Crippen LogP) is 7.99. The molecule has 0 bridgehead atoms. The highest BCUT2D eigenvalue weighted by Gasteiger charge is 2.44. The van der Waals surface area contributed by atoms with E-state index < -0.39 is 0 Å². The van der Waals surface area contributed by atoms with Gasteiger partial charge in [0.15, 0.2) is 0 Å². The molecule has 3 aromatic carbocycles. The van der Waals surface area contributed by atoms with Gasteiger partial charge in [0, 0.05) is 5.41 Å². The fraction of sp³-hybridized carbons (Fsp3) is 0.379. The Morgan fingerprint density at radius 2 is 1.03 bits per heavy atom. The molecule has 0 saturated carbocycles. The topological polar surface area (TPSA) is 0 Å². The monoisotopic (exact) mass is 384 g/mol. The van der Waals surface area contributed by atoms with E-state index in [2.05, 4.69) is 126 Å². The van der Waals surface area contributed by atoms with Crippen molar-refractivity contribution in [2.75, 3.05) is 0 Å². The molecule has 0 unspecified atom stereocenters. The number of rotatable bonds is 7. The molecule has 0 spiro atoms. The van der Waals surface area contributed by atoms with Gasteiger partial charge in [0.1, 0.15) is 0 Å². The zero-order valence-corrected chi connectivity index (χ0v) is 19.0. The van der Waals surface area contributed by atoms with Crippen LogP contribution in [0.3, 0.4) is 0 Å². The van der Waals surface area contributed by atoms with Gasteiger partial charge in [-0.05, 0) is 52.8 Å². The van der Waals surface area contributed by atoms with Crippen LogP contribution in [0.1, 0.15) is 69.7 Å². The van der Waals surface area contributed by atoms with E-state index in [1.54, 1.807) is 0 Å². The molecule has 0 nitrogen and oxygen atoms in total. The summed E-state index contributed by atoms with van der Waals surface area (Å²) in [5.74, 6) is 0. The summed E-state index contributed by atoms with van der Waals surface area (Å²) in [4.78, 5) is 0. The van der Waals surface area contributed by atoms with E-state index >= 15 is 0 Å². The van der Waals surface area contributed by atoms with Crippen LogP contribution < -0.4 is 0 Å². The van der Waals surface area contributed by atoms with Gasteiger partial charge in [0.25, 0.3) is 0 Å². The van der Waals surface area contributed by atoms with Crippen LogP contribution in [0.2, 0.25) is 0 Å². The first-order valence-corrected chi connectivity index (χ1v) is 10.9. The average molecular weight is 385 g/mol. The lowest BCUT2D eigenvalue weighted by Gasteiger charge is -2.47. The summed E-state index contributed by atoms with van der Waals surface area (Å²) in [6.45, 7) is 14.3. The minimum atomic E-state index is 0.0113. The Morgan fingerprint density at radius 3 is 1.59 bits per heavy atom. The lowest BCUT2D eigenvalue weighted by atomic mass is 9.56. The first-order chi connectivity index (χ1) is 13.7. The average Bonchev–Trinajstić information content (AvgIpc) is 2.73. The van der Waals surface area contributed by atoms with Crippen LogP contribution in [-0.2, 0) is 16.2 Å². The molecular weight excluding hydrogens is 348 g/mol. The fourth-order valence-electron chi connectivity index (χ4n) is 4.83. The SMILES string of the molecule is Cc1ccccc1C(C)(C)CC[C@](C)(c1ccccc1)C(C)(C)c1ccccc1. The van der Waals surface area contributed by atoms with Gasteiger partial charge in [0.2, 0.25) is 0 Å². The second-order valence-electron chi connectivity index (χ2n) is 9.89. The fourth-order valence-corrected chi connectivity index (χ4v) is 4.83. The highest BCUT2D eigenvalue weighted by Crippen LogP contribution is 2.49. The number of benzene rings is 3. The van der Waals surface area contributed by atoms with Crippen molar-refractivity contribution in [2.24, 2.45) is 0 Å². The summed E-state index contributed by atoms with van der Waals surface area (Å²) >= 11 is 0. The van der Waals surface area contributed by atoms with Crippen molar-refractivity contribution in [2.45, 2.75) is 70.6 Å². The molecule has 0 aliphatic heterocycles. The lowest BCUT2D eigenvalue weighted by Crippen LogP contribution is -2.44. The molecular formula is C29H36. The molecule has 29 heavy (non-hydrogen) atoms. The molecule has 3 aromatic rings. The molecule has 1 atom stereocenters. The Hall–Kier alpha value is -2.34. The summed E-state index contributed by atoms with van der Waals surface area (Å²) < 4.78 is 0. The van der Waals surface area contributed by atoms with Gasteiger partial charge >= 0.3 is 0 Å². The third-order valence-electron chi connectivity index (χ3n) is 7.41. The van der Waals surface area contributed by atoms with Crippen molar-refractivity contribution >= 4 is 0 Å². The van der Waals surface area contributed by atoms with Crippen LogP contribution in [0.25, 0.3) is 0 Å². The molecule has 0 fully saturated rings. The summed E-state index contributed by atoms with van der Waals surface area (Å²) in [6, 6.07) is 31.0. The van der Waals surface area contributed by atoms with Crippen molar-refractivity contribution < 1.29 is 0 Å². The van der Waals surface area contributed by atoms with Crippen molar-refractivity contribution in [1.82, 2.24) is 0 Å². The van der Waals surface area contributed by atoms with Crippen LogP contribution >= 0.6 is 0 Å². The minimum absolute atomic E-state index is 0.0113. The number of aryl methyl sites for hydroxylation is 1. The van der Waals surface area contributed by atoms with Gasteiger partial charge < -0.3 is 0 Å². The summed E-state index contributed by atoms with van der Waals surface area (Å²) in [5, 5.41) is 0. The van der Waals surface area contributed by atoms with E-state index in [0.717, 1.165) is 12.8 Å². The molecule has 0 radical (unpaired) electrons. The van der Waals surface area contributed by atoms with Gasteiger partial charge in [-0.25, -0.2) is 0 Å². The zero-order valence-electron chi connectivity index (χ0n) is 19.0. The molecule has 0 aliphatic carbocycles. The van der Waals surface area contributed by atoms with E-state index in [1.807, 2.05) is 0 Å². The van der Waals surface area contributed by atoms with Crippen LogP contribution in [0.15, 0.2) is 84.9 Å². The van der Waals surface area contributed by atoms with Crippen LogP contribution in [0.4, 0.5) is 0 Å². The van der Waals surface area contributed by atoms with Gasteiger partial charge in [-0.2, -0.15) is 0 Å². The second kappa shape index (κ2) is 8.19. The third kappa shape index (κ3) is 4.17. The van der Waals surface area contributed by atoms with Crippen molar-refractivity contribution in [3.63, 3.8) is 0 Å². The molecule has 0 aromatic heterocycles. The Balaban J connectivity index is 2.00. The molecule has 3 rings (SSSR count). The molecule has 0 aliphatic rings. The van der Waals surface area contributed by atoms with E-state index in [1.165, 1.54) is 22.3 Å². The van der Waals surface area contributed by atoms with Crippen LogP contribution in [-0.4, -0.2) is 0 Å². The molecule has 0 saturated heterocycles. The lowest BCUT2D eigenvalue weighted by molar-refractivity contribution is 0.232. The first-order valence-electron chi connectivity index (χ1n) is 10.9. The Bertz CT molecular complexity index is 919. The Labute approximate surface area is 178 Å². The molecule has 0 heterocycles. The van der Waals surface area contributed by atoms with Crippen molar-refractivity contribution in [1.29, 1.82) is 0 Å². The smallest absolute Gasteiger partial charge is 0.00165 e. The standard InChI is InChI=1S/C29H36/c1-23-15-13-14-20-26(23)27(2,3)21-22-29(6,25-18-11-8-12-19-25)28(4,5)24-16-9-7-10-17-24/h7-20H,21-22H2,1-6H3/t29-/m1/s1. The van der Waals surface area contributed by atoms with Gasteiger partial charge in [0.05, 0.1) is 0 Å². The quantitative estimate of drug-likeness (QED) is 0.387. The van der Waals surface area contributed by atoms with E-state index in [0.29, 0.717) is 0 Å². The minimum Gasteiger partial charge on any atom is -0.0622 e. The van der Waals surface area contributed by atoms with Crippen LogP contribution in [0.5, 0.6) is 0 Å². The Morgan fingerprint density at radius 1 is 0.552 bits per heavy atom. The predicted molar refractivity (Wildman–Crippen MR) is 127 cm³/mol. The maximum Gasteiger partial charge on any atom is 0.00165 e. The van der Waals surface area contributed by atoms with Gasteiger partial charge in [-0.3, -0.25) is 0 Å². The number of hydrogen-bond acceptors (Lipinski definition) is 0.